The van der Waals surface area contributed by atoms with E-state index in [1.54, 1.807) is 0 Å². The van der Waals surface area contributed by atoms with Crippen molar-refractivity contribution in [3.05, 3.63) is 0 Å². The summed E-state index contributed by atoms with van der Waals surface area (Å²) in [6.45, 7) is -1.26. The molecule has 0 atom stereocenters. The maximum absolute atomic E-state index is 14.2. The van der Waals surface area contributed by atoms with E-state index in [1.807, 2.05) is 6.92 Å². The average molecular weight is 781 g/mol. The molecule has 2 rings (SSSR count). The molecule has 0 aromatic carbocycles. The zero-order chi connectivity index (χ0) is 39.2. The van der Waals surface area contributed by atoms with Crippen LogP contribution in [-0.4, -0.2) is 72.3 Å². The minimum Gasteiger partial charge on any atom is -0.459 e. The van der Waals surface area contributed by atoms with Crippen LogP contribution < -0.4 is 0 Å². The van der Waals surface area contributed by atoms with Gasteiger partial charge in [-0.05, 0) is 56.3 Å². The Morgan fingerprint density at radius 2 is 0.920 bits per heavy atom. The van der Waals surface area contributed by atoms with E-state index >= 15 is 0 Å². The van der Waals surface area contributed by atoms with Gasteiger partial charge in [-0.1, -0.05) is 39.0 Å². The number of carbonyl (C=O) groups is 1. The van der Waals surface area contributed by atoms with E-state index in [-0.39, 0.29) is 24.7 Å². The quantitative estimate of drug-likeness (QED) is 0.115. The van der Waals surface area contributed by atoms with Gasteiger partial charge in [-0.25, -0.2) is 8.78 Å². The van der Waals surface area contributed by atoms with Crippen LogP contribution in [0.2, 0.25) is 0 Å². The molecule has 0 bridgehead atoms. The van der Waals surface area contributed by atoms with Gasteiger partial charge < -0.3 is 4.74 Å². The zero-order valence-electron chi connectivity index (χ0n) is 25.7. The Morgan fingerprint density at radius 1 is 0.560 bits per heavy atom. The number of carbonyl (C=O) groups excluding carboxylic acids is 1. The third kappa shape index (κ3) is 7.19. The molecule has 0 N–H and O–H groups in total. The van der Waals surface area contributed by atoms with E-state index in [4.69, 9.17) is 0 Å². The number of hydrogen-bond acceptors (Lipinski definition) is 2. The monoisotopic (exact) mass is 780 g/mol. The molecule has 0 aliphatic heterocycles. The molecule has 0 saturated heterocycles. The molecule has 0 heterocycles. The van der Waals surface area contributed by atoms with Crippen LogP contribution in [0.25, 0.3) is 0 Å². The number of halogens is 20. The lowest BCUT2D eigenvalue weighted by Gasteiger charge is -2.44. The van der Waals surface area contributed by atoms with Crippen LogP contribution in [0.3, 0.4) is 0 Å². The summed E-state index contributed by atoms with van der Waals surface area (Å²) in [5, 5.41) is 0. The number of ether oxygens (including phenoxy) is 1. The van der Waals surface area contributed by atoms with Crippen molar-refractivity contribution >= 4 is 5.97 Å². The number of hydrogen-bond donors (Lipinski definition) is 0. The molecule has 2 aliphatic rings. The van der Waals surface area contributed by atoms with E-state index in [9.17, 15) is 92.6 Å². The zero-order valence-corrected chi connectivity index (χ0v) is 25.7. The summed E-state index contributed by atoms with van der Waals surface area (Å²) in [4.78, 5) is 12.2. The number of esters is 1. The lowest BCUT2D eigenvalue weighted by atomic mass is 9.68. The van der Waals surface area contributed by atoms with E-state index < -0.39 is 78.2 Å². The first-order valence-corrected chi connectivity index (χ1v) is 15.2. The normalized spacial score (nSPS) is 24.4. The fraction of sp³-hybridized carbons (Fsp3) is 0.964. The molecule has 296 valence electrons. The summed E-state index contributed by atoms with van der Waals surface area (Å²) in [6, 6.07) is 0. The highest BCUT2D eigenvalue weighted by molar-refractivity contribution is 5.72. The second-order valence-electron chi connectivity index (χ2n) is 12.8. The summed E-state index contributed by atoms with van der Waals surface area (Å²) in [5.41, 5.74) is 0. The van der Waals surface area contributed by atoms with Gasteiger partial charge >= 0.3 is 65.7 Å². The Hall–Kier alpha value is -1.93. The van der Waals surface area contributed by atoms with E-state index in [1.165, 1.54) is 0 Å². The minimum atomic E-state index is -9.07. The lowest BCUT2D eigenvalue weighted by Crippen LogP contribution is -2.76. The molecular formula is C28H32F20O2. The lowest BCUT2D eigenvalue weighted by molar-refractivity contribution is -0.465. The Bertz CT molecular complexity index is 1140. The van der Waals surface area contributed by atoms with Gasteiger partial charge in [0.05, 0.1) is 5.92 Å². The van der Waals surface area contributed by atoms with Gasteiger partial charge in [-0.15, -0.1) is 0 Å². The topological polar surface area (TPSA) is 26.3 Å². The minimum absolute atomic E-state index is 0.0617. The summed E-state index contributed by atoms with van der Waals surface area (Å²) in [6.07, 6.45) is 1.07. The average Bonchev–Trinajstić information content (AvgIpc) is 3.02. The second kappa shape index (κ2) is 14.5. The molecule has 50 heavy (non-hydrogen) atoms. The van der Waals surface area contributed by atoms with Gasteiger partial charge in [0, 0.05) is 0 Å². The van der Waals surface area contributed by atoms with Crippen LogP contribution in [0.15, 0.2) is 0 Å². The van der Waals surface area contributed by atoms with E-state index in [2.05, 4.69) is 4.74 Å². The molecule has 0 aromatic rings. The molecule has 0 aromatic heterocycles. The molecule has 0 unspecified atom stereocenters. The molecule has 0 spiro atoms. The fourth-order valence-corrected chi connectivity index (χ4v) is 6.20. The van der Waals surface area contributed by atoms with Crippen molar-refractivity contribution in [1.29, 1.82) is 0 Å². The number of rotatable bonds is 16. The van der Waals surface area contributed by atoms with E-state index in [0.717, 1.165) is 44.9 Å². The highest BCUT2D eigenvalue weighted by atomic mass is 19.4. The third-order valence-electron chi connectivity index (χ3n) is 9.54. The van der Waals surface area contributed by atoms with Crippen LogP contribution in [0.4, 0.5) is 87.8 Å². The van der Waals surface area contributed by atoms with Gasteiger partial charge in [0.2, 0.25) is 0 Å². The summed E-state index contributed by atoms with van der Waals surface area (Å²) < 4.78 is 276. The molecule has 22 heteroatoms. The van der Waals surface area contributed by atoms with Crippen molar-refractivity contribution in [2.24, 2.45) is 23.7 Å². The van der Waals surface area contributed by atoms with Crippen LogP contribution in [0.5, 0.6) is 0 Å². The van der Waals surface area contributed by atoms with Crippen LogP contribution in [-0.2, 0) is 9.53 Å². The first kappa shape index (κ1) is 44.2. The SMILES string of the molecule is CCCCC1CCC(C2CCC(C(=O)OCC(F)(F)C(F)(F)C(F)(F)C(F)(F)C(F)(F)C(F)(F)C(F)(F)C(F)(F)C(F)(F)C(F)F)CC2)CC1. The molecule has 2 nitrogen and oxygen atoms in total. The molecule has 2 fully saturated rings. The molecule has 0 radical (unpaired) electrons. The molecular weight excluding hydrogens is 748 g/mol. The highest BCUT2D eigenvalue weighted by Gasteiger charge is 2.96. The largest absolute Gasteiger partial charge is 0.459 e. The standard InChI is InChI=1S/C28H32F20O2/c1-2-3-4-14-5-7-15(8-6-14)16-9-11-17(12-10-16)18(49)50-13-20(31,32)22(35,36)24(39,40)26(43,44)28(47,48)27(45,46)25(41,42)23(37,38)21(33,34)19(29)30/h14-17,19H,2-13H2,1H3. The summed E-state index contributed by atoms with van der Waals surface area (Å²) in [5.74, 6) is -78.0. The van der Waals surface area contributed by atoms with Gasteiger partial charge in [-0.3, -0.25) is 4.79 Å². The van der Waals surface area contributed by atoms with Gasteiger partial charge in [-0.2, -0.15) is 79.0 Å². The molecule has 2 saturated carbocycles. The highest BCUT2D eigenvalue weighted by Crippen LogP contribution is 2.65. The molecule has 2 aliphatic carbocycles. The van der Waals surface area contributed by atoms with Crippen molar-refractivity contribution < 1.29 is 97.3 Å². The summed E-state index contributed by atoms with van der Waals surface area (Å²) in [7, 11) is 0. The van der Waals surface area contributed by atoms with Crippen LogP contribution >= 0.6 is 0 Å². The number of unbranched alkanes of at least 4 members (excludes halogenated alkanes) is 1. The van der Waals surface area contributed by atoms with Gasteiger partial charge in [0.25, 0.3) is 0 Å². The maximum atomic E-state index is 14.2. The van der Waals surface area contributed by atoms with Crippen molar-refractivity contribution in [1.82, 2.24) is 0 Å². The summed E-state index contributed by atoms with van der Waals surface area (Å²) >= 11 is 0. The van der Waals surface area contributed by atoms with Crippen LogP contribution in [0.1, 0.15) is 77.6 Å². The van der Waals surface area contributed by atoms with Crippen molar-refractivity contribution in [3.8, 4) is 0 Å². The predicted octanol–water partition coefficient (Wildman–Crippen LogP) is 11.3. The smallest absolute Gasteiger partial charge is 0.385 e. The third-order valence-corrected chi connectivity index (χ3v) is 9.54. The second-order valence-corrected chi connectivity index (χ2v) is 12.8. The predicted molar refractivity (Wildman–Crippen MR) is 132 cm³/mol. The van der Waals surface area contributed by atoms with Crippen molar-refractivity contribution in [3.63, 3.8) is 0 Å². The Kier molecular flexibility index (Phi) is 12.8. The Labute approximate surface area is 271 Å². The molecule has 0 amide bonds. The Morgan fingerprint density at radius 3 is 1.30 bits per heavy atom. The van der Waals surface area contributed by atoms with Gasteiger partial charge in [0.15, 0.2) is 6.61 Å². The van der Waals surface area contributed by atoms with E-state index in [0.29, 0.717) is 18.8 Å². The first-order valence-electron chi connectivity index (χ1n) is 15.2. The van der Waals surface area contributed by atoms with Gasteiger partial charge in [0.1, 0.15) is 0 Å². The van der Waals surface area contributed by atoms with Crippen LogP contribution in [0, 0.1) is 23.7 Å². The first-order chi connectivity index (χ1) is 22.3. The van der Waals surface area contributed by atoms with Crippen molar-refractivity contribution in [2.45, 2.75) is 137 Å². The maximum Gasteiger partial charge on any atom is 0.385 e. The Balaban J connectivity index is 2.19. The fourth-order valence-electron chi connectivity index (χ4n) is 6.20. The number of alkyl halides is 20. The van der Waals surface area contributed by atoms with Crippen molar-refractivity contribution in [2.75, 3.05) is 6.61 Å².